The maximum Gasteiger partial charge on any atom is 0.0608 e. The first kappa shape index (κ1) is 12.8. The summed E-state index contributed by atoms with van der Waals surface area (Å²) in [5.74, 6) is 0. The highest BCUT2D eigenvalue weighted by Crippen LogP contribution is 2.32. The highest BCUT2D eigenvalue weighted by Gasteiger charge is 2.22. The van der Waals surface area contributed by atoms with Gasteiger partial charge in [0, 0.05) is 19.1 Å². The fourth-order valence-electron chi connectivity index (χ4n) is 2.69. The van der Waals surface area contributed by atoms with Crippen LogP contribution in [-0.4, -0.2) is 19.1 Å². The smallest absolute Gasteiger partial charge is 0.0608 e. The van der Waals surface area contributed by atoms with Crippen LogP contribution < -0.4 is 10.2 Å². The molecule has 0 bridgehead atoms. The molecule has 2 heteroatoms. The van der Waals surface area contributed by atoms with Gasteiger partial charge in [0.25, 0.3) is 0 Å². The van der Waals surface area contributed by atoms with Crippen molar-refractivity contribution >= 4 is 16.9 Å². The quantitative estimate of drug-likeness (QED) is 0.900. The minimum absolute atomic E-state index is 0.463. The highest BCUT2D eigenvalue weighted by molar-refractivity contribution is 5.76. The summed E-state index contributed by atoms with van der Waals surface area (Å²) in [6, 6.07) is 19.4. The molecule has 1 aliphatic heterocycles. The number of anilines is 2. The molecular weight excluding hydrogens is 244 g/mol. The molecule has 2 aromatic carbocycles. The first-order chi connectivity index (χ1) is 9.75. The number of hydrogen-bond acceptors (Lipinski definition) is 2. The van der Waals surface area contributed by atoms with Gasteiger partial charge in [-0.05, 0) is 30.2 Å². The minimum atomic E-state index is 0.463. The largest absolute Gasteiger partial charge is 0.381 e. The summed E-state index contributed by atoms with van der Waals surface area (Å²) in [5, 5.41) is 3.48. The van der Waals surface area contributed by atoms with Crippen LogP contribution in [0.4, 0.5) is 11.4 Å². The van der Waals surface area contributed by atoms with Gasteiger partial charge in [-0.25, -0.2) is 0 Å². The molecule has 0 aromatic heterocycles. The Kier molecular flexibility index (Phi) is 3.46. The Morgan fingerprint density at radius 2 is 1.85 bits per heavy atom. The molecule has 1 heterocycles. The van der Waals surface area contributed by atoms with Crippen molar-refractivity contribution in [3.63, 3.8) is 0 Å². The van der Waals surface area contributed by atoms with E-state index in [0.29, 0.717) is 6.04 Å². The van der Waals surface area contributed by atoms with Gasteiger partial charge in [0.05, 0.1) is 11.4 Å². The Bertz CT molecular complexity index is 604. The van der Waals surface area contributed by atoms with Crippen LogP contribution in [0.3, 0.4) is 0 Å². The van der Waals surface area contributed by atoms with E-state index < -0.39 is 0 Å². The molecule has 0 aliphatic carbocycles. The van der Waals surface area contributed by atoms with E-state index >= 15 is 0 Å². The molecule has 0 fully saturated rings. The number of hydrogen-bond donors (Lipinski definition) is 1. The van der Waals surface area contributed by atoms with E-state index in [1.165, 1.54) is 16.9 Å². The van der Waals surface area contributed by atoms with Gasteiger partial charge in [0.15, 0.2) is 0 Å². The number of nitrogens with zero attached hydrogens (tertiary/aromatic N) is 1. The molecule has 0 saturated heterocycles. The van der Waals surface area contributed by atoms with Gasteiger partial charge in [0.1, 0.15) is 0 Å². The first-order valence-electron chi connectivity index (χ1n) is 7.08. The van der Waals surface area contributed by atoms with Crippen molar-refractivity contribution in [1.82, 2.24) is 0 Å². The number of nitrogens with one attached hydrogen (secondary N) is 1. The maximum atomic E-state index is 4.26. The van der Waals surface area contributed by atoms with Gasteiger partial charge in [-0.2, -0.15) is 0 Å². The minimum Gasteiger partial charge on any atom is -0.381 e. The molecule has 1 unspecified atom stereocenters. The van der Waals surface area contributed by atoms with Crippen LogP contribution in [0, 0.1) is 0 Å². The van der Waals surface area contributed by atoms with Crippen LogP contribution in [0.5, 0.6) is 0 Å². The van der Waals surface area contributed by atoms with Crippen molar-refractivity contribution in [2.75, 3.05) is 23.3 Å². The molecule has 20 heavy (non-hydrogen) atoms. The van der Waals surface area contributed by atoms with Crippen molar-refractivity contribution < 1.29 is 0 Å². The fourth-order valence-corrected chi connectivity index (χ4v) is 2.69. The lowest BCUT2D eigenvalue weighted by atomic mass is 10.0. The molecule has 102 valence electrons. The van der Waals surface area contributed by atoms with E-state index in [0.717, 1.165) is 18.7 Å². The zero-order chi connectivity index (χ0) is 13.9. The number of para-hydroxylation sites is 2. The van der Waals surface area contributed by atoms with Gasteiger partial charge < -0.3 is 10.2 Å². The van der Waals surface area contributed by atoms with Crippen molar-refractivity contribution in [1.29, 1.82) is 0 Å². The van der Waals surface area contributed by atoms with Crippen molar-refractivity contribution in [2.45, 2.75) is 13.0 Å². The lowest BCUT2D eigenvalue weighted by Crippen LogP contribution is -2.42. The van der Waals surface area contributed by atoms with Crippen LogP contribution in [0.1, 0.15) is 12.5 Å². The van der Waals surface area contributed by atoms with E-state index in [1.54, 1.807) is 0 Å². The fraction of sp³-hybridized carbons (Fsp3) is 0.222. The summed E-state index contributed by atoms with van der Waals surface area (Å²) in [6.45, 7) is 8.35. The topological polar surface area (TPSA) is 15.3 Å². The normalized spacial score (nSPS) is 17.2. The van der Waals surface area contributed by atoms with E-state index in [9.17, 15) is 0 Å². The Morgan fingerprint density at radius 1 is 1.15 bits per heavy atom. The molecule has 0 spiro atoms. The zero-order valence-corrected chi connectivity index (χ0v) is 11.8. The van der Waals surface area contributed by atoms with Gasteiger partial charge in [0.2, 0.25) is 0 Å². The van der Waals surface area contributed by atoms with Gasteiger partial charge in [-0.15, -0.1) is 0 Å². The number of benzene rings is 2. The molecule has 0 amide bonds. The van der Waals surface area contributed by atoms with Crippen LogP contribution in [0.2, 0.25) is 0 Å². The second-order valence-electron chi connectivity index (χ2n) is 5.34. The standard InChI is InChI=1S/C18H20N2/c1-14(16-8-4-3-5-9-16)13-20-15(2)12-19-17-10-6-7-11-18(17)20/h3-11,15,19H,1,12-13H2,2H3. The predicted octanol–water partition coefficient (Wildman–Crippen LogP) is 4.02. The van der Waals surface area contributed by atoms with E-state index in [1.807, 2.05) is 6.07 Å². The summed E-state index contributed by atoms with van der Waals surface area (Å²) in [7, 11) is 0. The molecular formula is C18H20N2. The highest BCUT2D eigenvalue weighted by atomic mass is 15.2. The molecule has 2 nitrogen and oxygen atoms in total. The Morgan fingerprint density at radius 3 is 2.65 bits per heavy atom. The van der Waals surface area contributed by atoms with E-state index in [2.05, 4.69) is 72.3 Å². The van der Waals surface area contributed by atoms with Crippen molar-refractivity contribution in [3.8, 4) is 0 Å². The van der Waals surface area contributed by atoms with E-state index in [-0.39, 0.29) is 0 Å². The molecule has 2 aromatic rings. The molecule has 0 saturated carbocycles. The lowest BCUT2D eigenvalue weighted by molar-refractivity contribution is 0.678. The Labute approximate surface area is 120 Å². The van der Waals surface area contributed by atoms with Crippen molar-refractivity contribution in [3.05, 3.63) is 66.7 Å². The summed E-state index contributed by atoms with van der Waals surface area (Å²) >= 11 is 0. The van der Waals surface area contributed by atoms with Crippen LogP contribution in [-0.2, 0) is 0 Å². The predicted molar refractivity (Wildman–Crippen MR) is 87.2 cm³/mol. The third-order valence-corrected chi connectivity index (χ3v) is 3.88. The monoisotopic (exact) mass is 264 g/mol. The van der Waals surface area contributed by atoms with Crippen LogP contribution >= 0.6 is 0 Å². The van der Waals surface area contributed by atoms with E-state index in [4.69, 9.17) is 0 Å². The number of fused-ring (bicyclic) bond motifs is 1. The van der Waals surface area contributed by atoms with Gasteiger partial charge >= 0.3 is 0 Å². The van der Waals surface area contributed by atoms with Crippen molar-refractivity contribution in [2.24, 2.45) is 0 Å². The maximum absolute atomic E-state index is 4.26. The van der Waals surface area contributed by atoms with Gasteiger partial charge in [-0.3, -0.25) is 0 Å². The van der Waals surface area contributed by atoms with Gasteiger partial charge in [-0.1, -0.05) is 49.0 Å². The zero-order valence-electron chi connectivity index (χ0n) is 11.8. The Hall–Kier alpha value is -2.22. The second-order valence-corrected chi connectivity index (χ2v) is 5.34. The molecule has 3 rings (SSSR count). The molecule has 1 aliphatic rings. The summed E-state index contributed by atoms with van der Waals surface area (Å²) in [6.07, 6.45) is 0. The SMILES string of the molecule is C=C(CN1c2ccccc2NCC1C)c1ccccc1. The summed E-state index contributed by atoms with van der Waals surface area (Å²) < 4.78 is 0. The van der Waals surface area contributed by atoms with Crippen LogP contribution in [0.25, 0.3) is 5.57 Å². The molecule has 1 atom stereocenters. The lowest BCUT2D eigenvalue weighted by Gasteiger charge is -2.38. The molecule has 1 N–H and O–H groups in total. The summed E-state index contributed by atoms with van der Waals surface area (Å²) in [4.78, 5) is 2.43. The third kappa shape index (κ3) is 2.42. The van der Waals surface area contributed by atoms with Crippen LogP contribution in [0.15, 0.2) is 61.2 Å². The first-order valence-corrected chi connectivity index (χ1v) is 7.08. The average molecular weight is 264 g/mol. The molecule has 0 radical (unpaired) electrons. The Balaban J connectivity index is 1.85. The number of rotatable bonds is 3. The summed E-state index contributed by atoms with van der Waals surface area (Å²) in [5.41, 5.74) is 4.86. The second kappa shape index (κ2) is 5.41. The third-order valence-electron chi connectivity index (χ3n) is 3.88. The average Bonchev–Trinajstić information content (AvgIpc) is 2.51.